The number of hydrogen-bond acceptors (Lipinski definition) is 3. The van der Waals surface area contributed by atoms with Gasteiger partial charge in [-0.05, 0) is 12.8 Å². The highest BCUT2D eigenvalue weighted by atomic mass is 16.3. The number of hydrogen-bond donors (Lipinski definition) is 3. The van der Waals surface area contributed by atoms with Crippen molar-refractivity contribution < 1.29 is 19.8 Å². The lowest BCUT2D eigenvalue weighted by atomic mass is 10.0. The molecule has 4 nitrogen and oxygen atoms in total. The number of unbranched alkanes of at least 4 members (excludes halogenated alkanes) is 8. The summed E-state index contributed by atoms with van der Waals surface area (Å²) in [6.45, 7) is 7.51. The van der Waals surface area contributed by atoms with Crippen LogP contribution in [0.4, 0.5) is 0 Å². The van der Waals surface area contributed by atoms with Gasteiger partial charge in [0.1, 0.15) is 25.7 Å². The van der Waals surface area contributed by atoms with E-state index in [1.807, 2.05) is 0 Å². The number of rotatable bonds is 18. The van der Waals surface area contributed by atoms with Crippen molar-refractivity contribution in [3.63, 3.8) is 0 Å². The van der Waals surface area contributed by atoms with Gasteiger partial charge in [-0.25, -0.2) is 0 Å². The van der Waals surface area contributed by atoms with Gasteiger partial charge in [0, 0.05) is 0 Å². The summed E-state index contributed by atoms with van der Waals surface area (Å²) >= 11 is 0. The second-order valence-corrected chi connectivity index (χ2v) is 7.41. The lowest BCUT2D eigenvalue weighted by molar-refractivity contribution is -0.931. The Balaban J connectivity index is 4.05. The first kappa shape index (κ1) is 23.8. The predicted molar refractivity (Wildman–Crippen MR) is 102 cm³/mol. The maximum atomic E-state index is 10.4. The van der Waals surface area contributed by atoms with Crippen LogP contribution in [0.15, 0.2) is 0 Å². The maximum Gasteiger partial charge on any atom is 0.105 e. The van der Waals surface area contributed by atoms with Crippen LogP contribution >= 0.6 is 0 Å². The lowest BCUT2D eigenvalue weighted by Gasteiger charge is -2.39. The minimum absolute atomic E-state index is 0.119. The van der Waals surface area contributed by atoms with Crippen LogP contribution in [-0.2, 0) is 0 Å². The molecule has 1 unspecified atom stereocenters. The normalized spacial score (nSPS) is 13.4. The molecule has 0 rings (SSSR count). The van der Waals surface area contributed by atoms with Crippen molar-refractivity contribution in [1.29, 1.82) is 0 Å². The molecule has 0 radical (unpaired) electrons. The fourth-order valence-electron chi connectivity index (χ4n) is 3.58. The standard InChI is InChI=1S/C20H44NO3/c1-3-5-7-8-9-10-11-12-13-20(24)19-21(15-17-22,16-18-23)14-6-4-2/h20,22-24H,3-19H2,1-2H3/q+1. The molecule has 0 aromatic heterocycles. The Morgan fingerprint density at radius 1 is 0.667 bits per heavy atom. The molecule has 0 spiro atoms. The molecule has 146 valence electrons. The van der Waals surface area contributed by atoms with Crippen LogP contribution in [0.25, 0.3) is 0 Å². The third-order valence-corrected chi connectivity index (χ3v) is 5.12. The third kappa shape index (κ3) is 12.2. The van der Waals surface area contributed by atoms with Crippen molar-refractivity contribution in [2.24, 2.45) is 0 Å². The highest BCUT2D eigenvalue weighted by molar-refractivity contribution is 4.58. The van der Waals surface area contributed by atoms with Crippen molar-refractivity contribution in [2.75, 3.05) is 39.4 Å². The Kier molecular flexibility index (Phi) is 16.2. The first-order chi connectivity index (χ1) is 11.6. The molecule has 0 bridgehead atoms. The van der Waals surface area contributed by atoms with Gasteiger partial charge in [0.15, 0.2) is 0 Å². The van der Waals surface area contributed by atoms with Crippen molar-refractivity contribution >= 4 is 0 Å². The van der Waals surface area contributed by atoms with Crippen LogP contribution in [0.2, 0.25) is 0 Å². The van der Waals surface area contributed by atoms with Crippen LogP contribution in [0, 0.1) is 0 Å². The van der Waals surface area contributed by atoms with Gasteiger partial charge in [-0.15, -0.1) is 0 Å². The molecule has 0 saturated carbocycles. The summed E-state index contributed by atoms with van der Waals surface area (Å²) in [6.07, 6.45) is 12.9. The van der Waals surface area contributed by atoms with Gasteiger partial charge in [-0.3, -0.25) is 0 Å². The second kappa shape index (κ2) is 16.3. The SMILES string of the molecule is CCCCCCCCCCC(O)C[N+](CCO)(CCO)CCCC. The van der Waals surface area contributed by atoms with Gasteiger partial charge in [0.2, 0.25) is 0 Å². The fraction of sp³-hybridized carbons (Fsp3) is 1.00. The molecular formula is C20H44NO3+. The fourth-order valence-corrected chi connectivity index (χ4v) is 3.58. The summed E-state index contributed by atoms with van der Waals surface area (Å²) in [5.41, 5.74) is 0. The zero-order chi connectivity index (χ0) is 18.1. The Labute approximate surface area is 150 Å². The minimum atomic E-state index is -0.319. The first-order valence-electron chi connectivity index (χ1n) is 10.4. The summed E-state index contributed by atoms with van der Waals surface area (Å²) in [6, 6.07) is 0. The number of quaternary nitrogens is 1. The van der Waals surface area contributed by atoms with E-state index in [9.17, 15) is 15.3 Å². The molecular weight excluding hydrogens is 302 g/mol. The molecule has 0 aliphatic rings. The zero-order valence-corrected chi connectivity index (χ0v) is 16.4. The molecule has 0 saturated heterocycles. The molecule has 3 N–H and O–H groups in total. The largest absolute Gasteiger partial charge is 0.391 e. The summed E-state index contributed by atoms with van der Waals surface area (Å²) in [5.74, 6) is 0. The molecule has 0 aromatic carbocycles. The molecule has 0 aliphatic heterocycles. The van der Waals surface area contributed by atoms with Crippen LogP contribution < -0.4 is 0 Å². The molecule has 1 atom stereocenters. The van der Waals surface area contributed by atoms with Gasteiger partial charge < -0.3 is 19.8 Å². The van der Waals surface area contributed by atoms with Crippen molar-refractivity contribution in [2.45, 2.75) is 90.6 Å². The van der Waals surface area contributed by atoms with E-state index in [4.69, 9.17) is 0 Å². The van der Waals surface area contributed by atoms with Gasteiger partial charge in [-0.2, -0.15) is 0 Å². The first-order valence-corrected chi connectivity index (χ1v) is 10.4. The van der Waals surface area contributed by atoms with E-state index in [1.54, 1.807) is 0 Å². The van der Waals surface area contributed by atoms with E-state index < -0.39 is 0 Å². The molecule has 0 fully saturated rings. The average molecular weight is 347 g/mol. The van der Waals surface area contributed by atoms with E-state index in [2.05, 4.69) is 13.8 Å². The summed E-state index contributed by atoms with van der Waals surface area (Å²) in [7, 11) is 0. The topological polar surface area (TPSA) is 60.7 Å². The van der Waals surface area contributed by atoms with Crippen LogP contribution in [-0.4, -0.2) is 65.3 Å². The monoisotopic (exact) mass is 346 g/mol. The van der Waals surface area contributed by atoms with Crippen LogP contribution in [0.5, 0.6) is 0 Å². The third-order valence-electron chi connectivity index (χ3n) is 5.12. The molecule has 0 amide bonds. The van der Waals surface area contributed by atoms with Crippen LogP contribution in [0.1, 0.15) is 84.5 Å². The van der Waals surface area contributed by atoms with Crippen molar-refractivity contribution in [1.82, 2.24) is 0 Å². The van der Waals surface area contributed by atoms with Gasteiger partial charge >= 0.3 is 0 Å². The highest BCUT2D eigenvalue weighted by Crippen LogP contribution is 2.15. The lowest BCUT2D eigenvalue weighted by Crippen LogP contribution is -2.55. The summed E-state index contributed by atoms with van der Waals surface area (Å²) in [4.78, 5) is 0. The van der Waals surface area contributed by atoms with Gasteiger partial charge in [-0.1, -0.05) is 71.6 Å². The Hall–Kier alpha value is -0.160. The highest BCUT2D eigenvalue weighted by Gasteiger charge is 2.28. The van der Waals surface area contributed by atoms with E-state index in [0.29, 0.717) is 24.1 Å². The smallest absolute Gasteiger partial charge is 0.105 e. The van der Waals surface area contributed by atoms with Gasteiger partial charge in [0.05, 0.1) is 19.8 Å². The molecule has 4 heteroatoms. The quantitative estimate of drug-likeness (QED) is 0.263. The second-order valence-electron chi connectivity index (χ2n) is 7.41. The predicted octanol–water partition coefficient (Wildman–Crippen LogP) is 3.48. The molecule has 0 aliphatic carbocycles. The number of aliphatic hydroxyl groups excluding tert-OH is 3. The van der Waals surface area contributed by atoms with E-state index in [1.165, 1.54) is 44.9 Å². The Morgan fingerprint density at radius 2 is 1.17 bits per heavy atom. The van der Waals surface area contributed by atoms with Gasteiger partial charge in [0.25, 0.3) is 0 Å². The van der Waals surface area contributed by atoms with E-state index in [0.717, 1.165) is 32.2 Å². The summed E-state index contributed by atoms with van der Waals surface area (Å²) in [5, 5.41) is 29.2. The van der Waals surface area contributed by atoms with E-state index in [-0.39, 0.29) is 19.3 Å². The maximum absolute atomic E-state index is 10.4. The number of nitrogens with zero attached hydrogens (tertiary/aromatic N) is 1. The Bertz CT molecular complexity index is 255. The average Bonchev–Trinajstić information content (AvgIpc) is 2.56. The minimum Gasteiger partial charge on any atom is -0.391 e. The van der Waals surface area contributed by atoms with Crippen LogP contribution in [0.3, 0.4) is 0 Å². The molecule has 0 aromatic rings. The van der Waals surface area contributed by atoms with Crippen molar-refractivity contribution in [3.8, 4) is 0 Å². The Morgan fingerprint density at radius 3 is 1.67 bits per heavy atom. The molecule has 24 heavy (non-hydrogen) atoms. The summed E-state index contributed by atoms with van der Waals surface area (Å²) < 4.78 is 0.652. The van der Waals surface area contributed by atoms with E-state index >= 15 is 0 Å². The van der Waals surface area contributed by atoms with Crippen molar-refractivity contribution in [3.05, 3.63) is 0 Å². The number of aliphatic hydroxyl groups is 3. The molecule has 0 heterocycles. The zero-order valence-electron chi connectivity index (χ0n) is 16.4.